The highest BCUT2D eigenvalue weighted by atomic mass is 32.1. The summed E-state index contributed by atoms with van der Waals surface area (Å²) < 4.78 is 5.28. The Balaban J connectivity index is 1.65. The first-order chi connectivity index (χ1) is 14.5. The minimum Gasteiger partial charge on any atom is -0.459 e. The van der Waals surface area contributed by atoms with E-state index in [9.17, 15) is 9.59 Å². The van der Waals surface area contributed by atoms with Crippen molar-refractivity contribution in [3.05, 3.63) is 81.4 Å². The SMILES string of the molecule is Cc1ccccc1C1c2ccsc2CCN1C(=O)CN(C(=O)c1ccco1)C(C)C. The van der Waals surface area contributed by atoms with Crippen molar-refractivity contribution in [2.24, 2.45) is 0 Å². The fraction of sp³-hybridized carbons (Fsp3) is 0.333. The predicted octanol–water partition coefficient (Wildman–Crippen LogP) is 4.67. The summed E-state index contributed by atoms with van der Waals surface area (Å²) in [5, 5.41) is 2.10. The molecule has 1 aliphatic rings. The number of nitrogens with zero attached hydrogens (tertiary/aromatic N) is 2. The van der Waals surface area contributed by atoms with Crippen LogP contribution >= 0.6 is 11.3 Å². The van der Waals surface area contributed by atoms with Gasteiger partial charge in [0.1, 0.15) is 6.54 Å². The number of rotatable bonds is 5. The Bertz CT molecular complexity index is 1040. The van der Waals surface area contributed by atoms with E-state index in [0.29, 0.717) is 6.54 Å². The standard InChI is InChI=1S/C24H26N2O3S/c1-16(2)26(24(28)20-9-6-13-29-20)15-22(27)25-12-10-21-19(11-14-30-21)23(25)18-8-5-4-7-17(18)3/h4-9,11,13-14,16,23H,10,12,15H2,1-3H3. The van der Waals surface area contributed by atoms with Crippen LogP contribution in [0.25, 0.3) is 0 Å². The summed E-state index contributed by atoms with van der Waals surface area (Å²) in [7, 11) is 0. The molecule has 1 atom stereocenters. The Morgan fingerprint density at radius 1 is 1.17 bits per heavy atom. The van der Waals surface area contributed by atoms with E-state index in [0.717, 1.165) is 17.5 Å². The molecule has 0 spiro atoms. The Hall–Kier alpha value is -2.86. The van der Waals surface area contributed by atoms with Crippen LogP contribution in [0.2, 0.25) is 0 Å². The minimum atomic E-state index is -0.260. The number of carbonyl (C=O) groups is 2. The number of benzene rings is 1. The van der Waals surface area contributed by atoms with Crippen LogP contribution in [-0.4, -0.2) is 40.7 Å². The summed E-state index contributed by atoms with van der Waals surface area (Å²) in [6.45, 7) is 6.59. The molecule has 1 aliphatic heterocycles. The molecule has 0 aliphatic carbocycles. The van der Waals surface area contributed by atoms with Gasteiger partial charge >= 0.3 is 0 Å². The smallest absolute Gasteiger partial charge is 0.290 e. The molecule has 0 N–H and O–H groups in total. The number of carbonyl (C=O) groups excluding carboxylic acids is 2. The Kier molecular flexibility index (Phi) is 5.77. The van der Waals surface area contributed by atoms with Gasteiger partial charge in [-0.2, -0.15) is 0 Å². The highest BCUT2D eigenvalue weighted by Crippen LogP contribution is 2.39. The maximum absolute atomic E-state index is 13.5. The molecular formula is C24H26N2O3S. The van der Waals surface area contributed by atoms with Crippen molar-refractivity contribution in [2.75, 3.05) is 13.1 Å². The zero-order valence-electron chi connectivity index (χ0n) is 17.5. The second-order valence-corrected chi connectivity index (χ2v) is 8.90. The molecule has 3 heterocycles. The normalized spacial score (nSPS) is 15.9. The summed E-state index contributed by atoms with van der Waals surface area (Å²) in [5.41, 5.74) is 3.49. The lowest BCUT2D eigenvalue weighted by atomic mass is 9.90. The third kappa shape index (κ3) is 3.79. The Labute approximate surface area is 180 Å². The summed E-state index contributed by atoms with van der Waals surface area (Å²) >= 11 is 1.75. The molecule has 0 fully saturated rings. The molecule has 6 heteroatoms. The van der Waals surface area contributed by atoms with E-state index >= 15 is 0 Å². The molecule has 1 unspecified atom stereocenters. The topological polar surface area (TPSA) is 53.8 Å². The number of fused-ring (bicyclic) bond motifs is 1. The van der Waals surface area contributed by atoms with Crippen molar-refractivity contribution in [2.45, 2.75) is 39.3 Å². The fourth-order valence-electron chi connectivity index (χ4n) is 4.08. The first-order valence-corrected chi connectivity index (χ1v) is 11.1. The molecule has 0 bridgehead atoms. The maximum atomic E-state index is 13.5. The number of hydrogen-bond donors (Lipinski definition) is 0. The maximum Gasteiger partial charge on any atom is 0.290 e. The third-order valence-corrected chi connectivity index (χ3v) is 6.69. The van der Waals surface area contributed by atoms with Crippen LogP contribution in [0.1, 0.15) is 52.0 Å². The number of aryl methyl sites for hydroxylation is 1. The van der Waals surface area contributed by atoms with E-state index < -0.39 is 0 Å². The van der Waals surface area contributed by atoms with E-state index in [4.69, 9.17) is 4.42 Å². The van der Waals surface area contributed by atoms with Crippen molar-refractivity contribution in [3.8, 4) is 0 Å². The largest absolute Gasteiger partial charge is 0.459 e. The van der Waals surface area contributed by atoms with E-state index in [-0.39, 0.29) is 36.2 Å². The third-order valence-electron chi connectivity index (χ3n) is 5.69. The molecule has 0 radical (unpaired) electrons. The van der Waals surface area contributed by atoms with Gasteiger partial charge < -0.3 is 14.2 Å². The molecule has 2 amide bonds. The molecule has 2 aromatic heterocycles. The van der Waals surface area contributed by atoms with Crippen LogP contribution in [0.15, 0.2) is 58.5 Å². The molecular weight excluding hydrogens is 396 g/mol. The average Bonchev–Trinajstić information content (AvgIpc) is 3.42. The summed E-state index contributed by atoms with van der Waals surface area (Å²) in [6, 6.07) is 13.4. The van der Waals surface area contributed by atoms with Crippen LogP contribution < -0.4 is 0 Å². The molecule has 1 aromatic carbocycles. The number of thiophene rings is 1. The van der Waals surface area contributed by atoms with E-state index in [2.05, 4.69) is 30.5 Å². The minimum absolute atomic E-state index is 0.0268. The van der Waals surface area contributed by atoms with Crippen LogP contribution in [0.5, 0.6) is 0 Å². The van der Waals surface area contributed by atoms with Crippen LogP contribution in [0, 0.1) is 6.92 Å². The van der Waals surface area contributed by atoms with E-state index in [1.807, 2.05) is 30.9 Å². The molecule has 0 saturated heterocycles. The van der Waals surface area contributed by atoms with E-state index in [1.54, 1.807) is 28.4 Å². The highest BCUT2D eigenvalue weighted by Gasteiger charge is 2.35. The summed E-state index contributed by atoms with van der Waals surface area (Å²) in [5.74, 6) is -0.0524. The van der Waals surface area contributed by atoms with Gasteiger partial charge in [0, 0.05) is 17.5 Å². The first kappa shape index (κ1) is 20.4. The van der Waals surface area contributed by atoms with Gasteiger partial charge in [-0.05, 0) is 67.5 Å². The number of furan rings is 1. The van der Waals surface area contributed by atoms with Gasteiger partial charge in [0.25, 0.3) is 5.91 Å². The van der Waals surface area contributed by atoms with Gasteiger partial charge in [-0.3, -0.25) is 9.59 Å². The highest BCUT2D eigenvalue weighted by molar-refractivity contribution is 7.10. The molecule has 30 heavy (non-hydrogen) atoms. The first-order valence-electron chi connectivity index (χ1n) is 10.2. The molecule has 0 saturated carbocycles. The Morgan fingerprint density at radius 2 is 1.97 bits per heavy atom. The Morgan fingerprint density at radius 3 is 2.67 bits per heavy atom. The van der Waals surface area contributed by atoms with Crippen molar-refractivity contribution >= 4 is 23.2 Å². The molecule has 4 rings (SSSR count). The van der Waals surface area contributed by atoms with Gasteiger partial charge in [0.2, 0.25) is 5.91 Å². The van der Waals surface area contributed by atoms with Gasteiger partial charge in [-0.15, -0.1) is 11.3 Å². The average molecular weight is 423 g/mol. The van der Waals surface area contributed by atoms with Gasteiger partial charge in [0.05, 0.1) is 12.3 Å². The van der Waals surface area contributed by atoms with Crippen molar-refractivity contribution in [1.82, 2.24) is 9.80 Å². The lowest BCUT2D eigenvalue weighted by molar-refractivity contribution is -0.134. The van der Waals surface area contributed by atoms with Crippen LogP contribution in [0.3, 0.4) is 0 Å². The second-order valence-electron chi connectivity index (χ2n) is 7.90. The number of hydrogen-bond acceptors (Lipinski definition) is 4. The van der Waals surface area contributed by atoms with E-state index in [1.165, 1.54) is 16.7 Å². The van der Waals surface area contributed by atoms with Crippen LogP contribution in [-0.2, 0) is 11.2 Å². The zero-order valence-corrected chi connectivity index (χ0v) is 18.3. The van der Waals surface area contributed by atoms with Gasteiger partial charge in [-0.25, -0.2) is 0 Å². The monoisotopic (exact) mass is 422 g/mol. The lowest BCUT2D eigenvalue weighted by Crippen LogP contribution is -2.48. The molecule has 3 aromatic rings. The quantitative estimate of drug-likeness (QED) is 0.600. The van der Waals surface area contributed by atoms with Gasteiger partial charge in [0.15, 0.2) is 5.76 Å². The fourth-order valence-corrected chi connectivity index (χ4v) is 4.99. The van der Waals surface area contributed by atoms with Gasteiger partial charge in [-0.1, -0.05) is 24.3 Å². The predicted molar refractivity (Wildman–Crippen MR) is 118 cm³/mol. The second kappa shape index (κ2) is 8.48. The zero-order chi connectivity index (χ0) is 21.3. The van der Waals surface area contributed by atoms with Crippen molar-refractivity contribution in [3.63, 3.8) is 0 Å². The van der Waals surface area contributed by atoms with Crippen molar-refractivity contribution < 1.29 is 14.0 Å². The van der Waals surface area contributed by atoms with Crippen molar-refractivity contribution in [1.29, 1.82) is 0 Å². The number of amides is 2. The summed E-state index contributed by atoms with van der Waals surface area (Å²) in [6.07, 6.45) is 2.32. The molecule has 5 nitrogen and oxygen atoms in total. The molecule has 156 valence electrons. The van der Waals surface area contributed by atoms with Crippen LogP contribution in [0.4, 0.5) is 0 Å². The lowest BCUT2D eigenvalue weighted by Gasteiger charge is -2.38. The summed E-state index contributed by atoms with van der Waals surface area (Å²) in [4.78, 5) is 31.3.